The zero-order valence-electron chi connectivity index (χ0n) is 10.7. The SMILES string of the molecule is CCCC(C)CCCC(C)(CC)OC=O. The van der Waals surface area contributed by atoms with Crippen LogP contribution in [0.3, 0.4) is 0 Å². The van der Waals surface area contributed by atoms with Crippen molar-refractivity contribution in [3.8, 4) is 0 Å². The number of hydrogen-bond acceptors (Lipinski definition) is 2. The summed E-state index contributed by atoms with van der Waals surface area (Å²) in [6.45, 7) is 9.19. The molecule has 0 aromatic carbocycles. The average Bonchev–Trinajstić information content (AvgIpc) is 2.18. The Labute approximate surface area is 94.4 Å². The van der Waals surface area contributed by atoms with Crippen molar-refractivity contribution in [3.05, 3.63) is 0 Å². The van der Waals surface area contributed by atoms with Crippen molar-refractivity contribution >= 4 is 6.47 Å². The van der Waals surface area contributed by atoms with Gasteiger partial charge in [0, 0.05) is 0 Å². The fourth-order valence-corrected chi connectivity index (χ4v) is 1.90. The Bertz CT molecular complexity index is 168. The Balaban J connectivity index is 3.75. The molecule has 0 aromatic heterocycles. The van der Waals surface area contributed by atoms with Crippen LogP contribution in [0.2, 0.25) is 0 Å². The van der Waals surface area contributed by atoms with E-state index in [1.807, 2.05) is 6.92 Å². The quantitative estimate of drug-likeness (QED) is 0.543. The minimum atomic E-state index is -0.242. The van der Waals surface area contributed by atoms with E-state index < -0.39 is 0 Å². The van der Waals surface area contributed by atoms with E-state index in [1.165, 1.54) is 19.3 Å². The Morgan fingerprint density at radius 1 is 1.33 bits per heavy atom. The largest absolute Gasteiger partial charge is 0.462 e. The summed E-state index contributed by atoms with van der Waals surface area (Å²) in [5.74, 6) is 0.798. The standard InChI is InChI=1S/C13H26O2/c1-5-8-12(3)9-7-10-13(4,6-2)15-11-14/h11-12H,5-10H2,1-4H3. The molecular formula is C13H26O2. The molecule has 90 valence electrons. The van der Waals surface area contributed by atoms with Crippen molar-refractivity contribution < 1.29 is 9.53 Å². The molecule has 0 bridgehead atoms. The van der Waals surface area contributed by atoms with Gasteiger partial charge in [-0.15, -0.1) is 0 Å². The molecule has 0 aliphatic carbocycles. The maximum absolute atomic E-state index is 10.4. The molecule has 0 fully saturated rings. The van der Waals surface area contributed by atoms with Crippen LogP contribution in [-0.2, 0) is 9.53 Å². The van der Waals surface area contributed by atoms with Crippen LogP contribution < -0.4 is 0 Å². The van der Waals surface area contributed by atoms with E-state index in [0.717, 1.165) is 25.2 Å². The molecule has 0 N–H and O–H groups in total. The first-order chi connectivity index (χ1) is 7.08. The van der Waals surface area contributed by atoms with Crippen LogP contribution in [0.15, 0.2) is 0 Å². The number of carbonyl (C=O) groups excluding carboxylic acids is 1. The van der Waals surface area contributed by atoms with Gasteiger partial charge in [-0.3, -0.25) is 4.79 Å². The molecule has 0 aromatic rings. The van der Waals surface area contributed by atoms with E-state index in [4.69, 9.17) is 4.74 Å². The highest BCUT2D eigenvalue weighted by atomic mass is 16.5. The average molecular weight is 214 g/mol. The van der Waals surface area contributed by atoms with Gasteiger partial charge in [-0.2, -0.15) is 0 Å². The van der Waals surface area contributed by atoms with Gasteiger partial charge in [-0.05, 0) is 32.1 Å². The summed E-state index contributed by atoms with van der Waals surface area (Å²) in [6.07, 6.45) is 6.84. The summed E-state index contributed by atoms with van der Waals surface area (Å²) < 4.78 is 5.14. The summed E-state index contributed by atoms with van der Waals surface area (Å²) in [5, 5.41) is 0. The van der Waals surface area contributed by atoms with Crippen molar-refractivity contribution in [3.63, 3.8) is 0 Å². The second-order valence-corrected chi connectivity index (χ2v) is 4.80. The molecule has 0 aliphatic heterocycles. The Morgan fingerprint density at radius 3 is 2.47 bits per heavy atom. The molecule has 2 heteroatoms. The molecule has 0 radical (unpaired) electrons. The monoisotopic (exact) mass is 214 g/mol. The van der Waals surface area contributed by atoms with E-state index in [2.05, 4.69) is 20.8 Å². The normalized spacial score (nSPS) is 16.8. The van der Waals surface area contributed by atoms with Gasteiger partial charge < -0.3 is 4.74 Å². The molecular weight excluding hydrogens is 188 g/mol. The van der Waals surface area contributed by atoms with E-state index >= 15 is 0 Å². The van der Waals surface area contributed by atoms with Crippen LogP contribution in [0.25, 0.3) is 0 Å². The third kappa shape index (κ3) is 6.53. The molecule has 0 saturated carbocycles. The predicted molar refractivity (Wildman–Crippen MR) is 63.8 cm³/mol. The zero-order chi connectivity index (χ0) is 11.7. The lowest BCUT2D eigenvalue weighted by Gasteiger charge is -2.26. The van der Waals surface area contributed by atoms with Crippen LogP contribution in [0.4, 0.5) is 0 Å². The lowest BCUT2D eigenvalue weighted by molar-refractivity contribution is -0.143. The van der Waals surface area contributed by atoms with Gasteiger partial charge in [0.25, 0.3) is 6.47 Å². The lowest BCUT2D eigenvalue weighted by Crippen LogP contribution is -2.27. The highest BCUT2D eigenvalue weighted by molar-refractivity contribution is 5.38. The second-order valence-electron chi connectivity index (χ2n) is 4.80. The van der Waals surface area contributed by atoms with Crippen LogP contribution in [0.5, 0.6) is 0 Å². The van der Waals surface area contributed by atoms with Crippen LogP contribution in [0, 0.1) is 5.92 Å². The highest BCUT2D eigenvalue weighted by Gasteiger charge is 2.22. The van der Waals surface area contributed by atoms with E-state index in [1.54, 1.807) is 0 Å². The fraction of sp³-hybridized carbons (Fsp3) is 0.923. The Morgan fingerprint density at radius 2 is 2.00 bits per heavy atom. The molecule has 2 nitrogen and oxygen atoms in total. The van der Waals surface area contributed by atoms with E-state index in [9.17, 15) is 4.79 Å². The summed E-state index contributed by atoms with van der Waals surface area (Å²) in [5.41, 5.74) is -0.242. The first kappa shape index (κ1) is 14.5. The fourth-order valence-electron chi connectivity index (χ4n) is 1.90. The highest BCUT2D eigenvalue weighted by Crippen LogP contribution is 2.24. The van der Waals surface area contributed by atoms with Gasteiger partial charge in [0.1, 0.15) is 5.60 Å². The van der Waals surface area contributed by atoms with Crippen molar-refractivity contribution in [2.75, 3.05) is 0 Å². The van der Waals surface area contributed by atoms with Gasteiger partial charge in [0.05, 0.1) is 0 Å². The zero-order valence-corrected chi connectivity index (χ0v) is 10.7. The van der Waals surface area contributed by atoms with Gasteiger partial charge in [0.2, 0.25) is 0 Å². The number of carbonyl (C=O) groups is 1. The summed E-state index contributed by atoms with van der Waals surface area (Å²) in [6, 6.07) is 0. The smallest absolute Gasteiger partial charge is 0.293 e. The van der Waals surface area contributed by atoms with Gasteiger partial charge >= 0.3 is 0 Å². The van der Waals surface area contributed by atoms with Crippen LogP contribution >= 0.6 is 0 Å². The second kappa shape index (κ2) is 7.72. The van der Waals surface area contributed by atoms with Crippen molar-refractivity contribution in [1.82, 2.24) is 0 Å². The molecule has 0 amide bonds. The predicted octanol–water partition coefficient (Wildman–Crippen LogP) is 3.93. The molecule has 0 aliphatic rings. The first-order valence-electron chi connectivity index (χ1n) is 6.19. The molecule has 2 unspecified atom stereocenters. The molecule has 15 heavy (non-hydrogen) atoms. The molecule has 2 atom stereocenters. The van der Waals surface area contributed by atoms with Crippen LogP contribution in [-0.4, -0.2) is 12.1 Å². The Hall–Kier alpha value is -0.530. The Kier molecular flexibility index (Phi) is 7.45. The molecule has 0 saturated heterocycles. The summed E-state index contributed by atoms with van der Waals surface area (Å²) in [7, 11) is 0. The van der Waals surface area contributed by atoms with Crippen molar-refractivity contribution in [2.24, 2.45) is 5.92 Å². The first-order valence-corrected chi connectivity index (χ1v) is 6.19. The van der Waals surface area contributed by atoms with Gasteiger partial charge in [-0.25, -0.2) is 0 Å². The summed E-state index contributed by atoms with van der Waals surface area (Å²) >= 11 is 0. The third-order valence-corrected chi connectivity index (χ3v) is 3.26. The minimum Gasteiger partial charge on any atom is -0.462 e. The third-order valence-electron chi connectivity index (χ3n) is 3.26. The van der Waals surface area contributed by atoms with E-state index in [0.29, 0.717) is 6.47 Å². The minimum absolute atomic E-state index is 0.242. The number of ether oxygens (including phenoxy) is 1. The number of rotatable bonds is 9. The molecule has 0 rings (SSSR count). The maximum atomic E-state index is 10.4. The van der Waals surface area contributed by atoms with E-state index in [-0.39, 0.29) is 5.60 Å². The van der Waals surface area contributed by atoms with Crippen molar-refractivity contribution in [1.29, 1.82) is 0 Å². The summed E-state index contributed by atoms with van der Waals surface area (Å²) in [4.78, 5) is 10.4. The number of hydrogen-bond donors (Lipinski definition) is 0. The van der Waals surface area contributed by atoms with Crippen molar-refractivity contribution in [2.45, 2.75) is 71.8 Å². The maximum Gasteiger partial charge on any atom is 0.293 e. The van der Waals surface area contributed by atoms with Gasteiger partial charge in [-0.1, -0.05) is 40.0 Å². The van der Waals surface area contributed by atoms with Crippen LogP contribution in [0.1, 0.15) is 66.2 Å². The lowest BCUT2D eigenvalue weighted by atomic mass is 9.92. The molecule has 0 heterocycles. The van der Waals surface area contributed by atoms with Gasteiger partial charge in [0.15, 0.2) is 0 Å². The topological polar surface area (TPSA) is 26.3 Å². The molecule has 0 spiro atoms.